The second-order valence-corrected chi connectivity index (χ2v) is 4.47. The SMILES string of the molecule is O=C1C=CC[C@@H](C2CCCCC2)C1. The standard InChI is InChI=1S/C12H18O/c13-12-8-4-7-11(9-12)10-5-2-1-3-6-10/h4,8,10-11H,1-3,5-7,9H2/t11-/m1/s1. The van der Waals surface area contributed by atoms with Gasteiger partial charge in [0.15, 0.2) is 5.78 Å². The molecule has 1 heteroatoms. The van der Waals surface area contributed by atoms with E-state index in [1.807, 2.05) is 0 Å². The lowest BCUT2D eigenvalue weighted by Gasteiger charge is -2.30. The molecule has 0 bridgehead atoms. The topological polar surface area (TPSA) is 17.1 Å². The predicted octanol–water partition coefficient (Wildman–Crippen LogP) is 3.10. The smallest absolute Gasteiger partial charge is 0.155 e. The molecule has 72 valence electrons. The minimum Gasteiger partial charge on any atom is -0.295 e. The molecule has 0 spiro atoms. The molecule has 0 heterocycles. The lowest BCUT2D eigenvalue weighted by Crippen LogP contribution is -2.22. The van der Waals surface area contributed by atoms with Crippen LogP contribution in [-0.4, -0.2) is 5.78 Å². The summed E-state index contributed by atoms with van der Waals surface area (Å²) in [6.07, 6.45) is 12.7. The van der Waals surface area contributed by atoms with Crippen molar-refractivity contribution < 1.29 is 4.79 Å². The third kappa shape index (κ3) is 2.20. The lowest BCUT2D eigenvalue weighted by atomic mass is 9.75. The molecular formula is C12H18O. The molecule has 1 nitrogen and oxygen atoms in total. The maximum absolute atomic E-state index is 11.2. The Morgan fingerprint density at radius 1 is 1.08 bits per heavy atom. The molecule has 2 rings (SSSR count). The molecule has 0 saturated heterocycles. The second kappa shape index (κ2) is 4.08. The molecule has 2 aliphatic carbocycles. The van der Waals surface area contributed by atoms with E-state index >= 15 is 0 Å². The Bertz CT molecular complexity index is 211. The van der Waals surface area contributed by atoms with Crippen LogP contribution in [0.2, 0.25) is 0 Å². The van der Waals surface area contributed by atoms with E-state index in [2.05, 4.69) is 6.08 Å². The highest BCUT2D eigenvalue weighted by molar-refractivity contribution is 5.90. The van der Waals surface area contributed by atoms with Gasteiger partial charge in [0.25, 0.3) is 0 Å². The summed E-state index contributed by atoms with van der Waals surface area (Å²) in [5.41, 5.74) is 0. The van der Waals surface area contributed by atoms with E-state index in [0.29, 0.717) is 11.7 Å². The molecule has 1 fully saturated rings. The van der Waals surface area contributed by atoms with E-state index in [4.69, 9.17) is 0 Å². The molecule has 0 aliphatic heterocycles. The fraction of sp³-hybridized carbons (Fsp3) is 0.750. The zero-order valence-corrected chi connectivity index (χ0v) is 8.17. The number of allylic oxidation sites excluding steroid dienone is 2. The van der Waals surface area contributed by atoms with Crippen molar-refractivity contribution in [2.45, 2.75) is 44.9 Å². The maximum atomic E-state index is 11.2. The summed E-state index contributed by atoms with van der Waals surface area (Å²) in [6.45, 7) is 0. The average molecular weight is 178 g/mol. The molecule has 0 aromatic carbocycles. The van der Waals surface area contributed by atoms with Gasteiger partial charge in [0, 0.05) is 6.42 Å². The van der Waals surface area contributed by atoms with Gasteiger partial charge < -0.3 is 0 Å². The van der Waals surface area contributed by atoms with Crippen molar-refractivity contribution in [2.24, 2.45) is 11.8 Å². The first-order chi connectivity index (χ1) is 6.36. The van der Waals surface area contributed by atoms with Crippen molar-refractivity contribution in [3.8, 4) is 0 Å². The molecule has 0 aromatic heterocycles. The summed E-state index contributed by atoms with van der Waals surface area (Å²) in [5.74, 6) is 1.88. The van der Waals surface area contributed by atoms with Crippen LogP contribution in [-0.2, 0) is 4.79 Å². The van der Waals surface area contributed by atoms with E-state index in [-0.39, 0.29) is 0 Å². The van der Waals surface area contributed by atoms with E-state index < -0.39 is 0 Å². The Labute approximate surface area is 80.2 Å². The van der Waals surface area contributed by atoms with Crippen LogP contribution in [0.15, 0.2) is 12.2 Å². The summed E-state index contributed by atoms with van der Waals surface area (Å²) < 4.78 is 0. The van der Waals surface area contributed by atoms with Crippen LogP contribution >= 0.6 is 0 Å². The molecule has 0 amide bonds. The van der Waals surface area contributed by atoms with Crippen molar-refractivity contribution in [3.63, 3.8) is 0 Å². The van der Waals surface area contributed by atoms with Crippen LogP contribution < -0.4 is 0 Å². The van der Waals surface area contributed by atoms with Gasteiger partial charge in [-0.1, -0.05) is 38.2 Å². The summed E-state index contributed by atoms with van der Waals surface area (Å²) in [6, 6.07) is 0. The largest absolute Gasteiger partial charge is 0.295 e. The molecule has 2 aliphatic rings. The Morgan fingerprint density at radius 2 is 1.85 bits per heavy atom. The molecule has 1 atom stereocenters. The summed E-state index contributed by atoms with van der Waals surface area (Å²) in [4.78, 5) is 11.2. The number of ketones is 1. The van der Waals surface area contributed by atoms with Crippen molar-refractivity contribution in [2.75, 3.05) is 0 Å². The first kappa shape index (κ1) is 8.98. The molecule has 0 N–H and O–H groups in total. The predicted molar refractivity (Wildman–Crippen MR) is 53.4 cm³/mol. The fourth-order valence-electron chi connectivity index (χ4n) is 2.75. The average Bonchev–Trinajstić information content (AvgIpc) is 2.19. The number of rotatable bonds is 1. The Balaban J connectivity index is 1.92. The minimum atomic E-state index is 0.349. The lowest BCUT2D eigenvalue weighted by molar-refractivity contribution is -0.116. The number of carbonyl (C=O) groups excluding carboxylic acids is 1. The number of hydrogen-bond acceptors (Lipinski definition) is 1. The van der Waals surface area contributed by atoms with Crippen molar-refractivity contribution in [3.05, 3.63) is 12.2 Å². The van der Waals surface area contributed by atoms with Crippen molar-refractivity contribution >= 4 is 5.78 Å². The number of carbonyl (C=O) groups is 1. The summed E-state index contributed by atoms with van der Waals surface area (Å²) in [7, 11) is 0. The van der Waals surface area contributed by atoms with Gasteiger partial charge in [-0.3, -0.25) is 4.79 Å². The highest BCUT2D eigenvalue weighted by Crippen LogP contribution is 2.35. The Morgan fingerprint density at radius 3 is 2.54 bits per heavy atom. The quantitative estimate of drug-likeness (QED) is 0.603. The first-order valence-corrected chi connectivity index (χ1v) is 5.55. The van der Waals surface area contributed by atoms with Gasteiger partial charge in [0.1, 0.15) is 0 Å². The van der Waals surface area contributed by atoms with E-state index in [0.717, 1.165) is 18.8 Å². The summed E-state index contributed by atoms with van der Waals surface area (Å²) in [5, 5.41) is 0. The minimum absolute atomic E-state index is 0.349. The molecule has 13 heavy (non-hydrogen) atoms. The normalized spacial score (nSPS) is 30.8. The van der Waals surface area contributed by atoms with Crippen molar-refractivity contribution in [1.29, 1.82) is 0 Å². The zero-order chi connectivity index (χ0) is 9.10. The molecule has 0 aromatic rings. The van der Waals surface area contributed by atoms with Gasteiger partial charge in [-0.2, -0.15) is 0 Å². The van der Waals surface area contributed by atoms with Gasteiger partial charge in [-0.05, 0) is 24.3 Å². The molecule has 0 radical (unpaired) electrons. The monoisotopic (exact) mass is 178 g/mol. The highest BCUT2D eigenvalue weighted by Gasteiger charge is 2.25. The fourth-order valence-corrected chi connectivity index (χ4v) is 2.75. The Hall–Kier alpha value is -0.590. The maximum Gasteiger partial charge on any atom is 0.155 e. The first-order valence-electron chi connectivity index (χ1n) is 5.55. The van der Waals surface area contributed by atoms with Gasteiger partial charge in [0.2, 0.25) is 0 Å². The van der Waals surface area contributed by atoms with E-state index in [1.54, 1.807) is 6.08 Å². The molecule has 1 saturated carbocycles. The van der Waals surface area contributed by atoms with Gasteiger partial charge in [0.05, 0.1) is 0 Å². The third-order valence-electron chi connectivity index (χ3n) is 3.52. The highest BCUT2D eigenvalue weighted by atomic mass is 16.1. The van der Waals surface area contributed by atoms with E-state index in [1.165, 1.54) is 32.1 Å². The zero-order valence-electron chi connectivity index (χ0n) is 8.17. The Kier molecular flexibility index (Phi) is 2.82. The van der Waals surface area contributed by atoms with Crippen LogP contribution in [0.3, 0.4) is 0 Å². The van der Waals surface area contributed by atoms with Crippen LogP contribution in [0.1, 0.15) is 44.9 Å². The van der Waals surface area contributed by atoms with E-state index in [9.17, 15) is 4.79 Å². The van der Waals surface area contributed by atoms with Gasteiger partial charge in [-0.25, -0.2) is 0 Å². The second-order valence-electron chi connectivity index (χ2n) is 4.47. The number of hydrogen-bond donors (Lipinski definition) is 0. The van der Waals surface area contributed by atoms with Crippen LogP contribution in [0.5, 0.6) is 0 Å². The van der Waals surface area contributed by atoms with Crippen LogP contribution in [0.4, 0.5) is 0 Å². The van der Waals surface area contributed by atoms with Crippen LogP contribution in [0.25, 0.3) is 0 Å². The van der Waals surface area contributed by atoms with Gasteiger partial charge in [-0.15, -0.1) is 0 Å². The van der Waals surface area contributed by atoms with Crippen LogP contribution in [0, 0.1) is 11.8 Å². The molecular weight excluding hydrogens is 160 g/mol. The van der Waals surface area contributed by atoms with Gasteiger partial charge >= 0.3 is 0 Å². The summed E-state index contributed by atoms with van der Waals surface area (Å²) >= 11 is 0. The third-order valence-corrected chi connectivity index (χ3v) is 3.52. The van der Waals surface area contributed by atoms with Crippen molar-refractivity contribution in [1.82, 2.24) is 0 Å². The molecule has 0 unspecified atom stereocenters.